The maximum absolute atomic E-state index is 12.1. The number of carboxylic acid groups (broad SMARTS) is 1. The molecule has 0 spiro atoms. The summed E-state index contributed by atoms with van der Waals surface area (Å²) in [6.07, 6.45) is -0.599. The van der Waals surface area contributed by atoms with Crippen molar-refractivity contribution in [1.82, 2.24) is 10.2 Å². The van der Waals surface area contributed by atoms with Gasteiger partial charge in [0.2, 0.25) is 0 Å². The van der Waals surface area contributed by atoms with Gasteiger partial charge < -0.3 is 15.2 Å². The normalized spacial score (nSPS) is 12.2. The Kier molecular flexibility index (Phi) is 7.00. The van der Waals surface area contributed by atoms with Gasteiger partial charge in [-0.25, -0.2) is 14.5 Å². The lowest BCUT2D eigenvalue weighted by Gasteiger charge is -2.25. The summed E-state index contributed by atoms with van der Waals surface area (Å²) in [7, 11) is 1.16. The summed E-state index contributed by atoms with van der Waals surface area (Å²) in [5, 5.41) is 12.8. The number of benzene rings is 2. The summed E-state index contributed by atoms with van der Waals surface area (Å²) in [5.41, 5.74) is 3.56. The van der Waals surface area contributed by atoms with Crippen LogP contribution in [-0.4, -0.2) is 29.3 Å². The molecule has 0 saturated carbocycles. The Bertz CT molecular complexity index is 801. The molecule has 0 aliphatic rings. The van der Waals surface area contributed by atoms with Crippen molar-refractivity contribution >= 4 is 12.2 Å². The summed E-state index contributed by atoms with van der Waals surface area (Å²) < 4.78 is 4.67. The third-order valence-electron chi connectivity index (χ3n) is 4.10. The minimum atomic E-state index is -1.38. The molecule has 1 atom stereocenters. The smallest absolute Gasteiger partial charge is 0.419 e. The molecule has 0 aliphatic carbocycles. The van der Waals surface area contributed by atoms with Gasteiger partial charge in [0.1, 0.15) is 0 Å². The molecule has 6 heteroatoms. The number of aryl methyl sites for hydroxylation is 1. The molecule has 0 aromatic heterocycles. The lowest BCUT2D eigenvalue weighted by atomic mass is 10.0. The maximum Gasteiger partial charge on any atom is 0.419 e. The predicted octanol–water partition coefficient (Wildman–Crippen LogP) is 4.48. The third-order valence-corrected chi connectivity index (χ3v) is 4.10. The van der Waals surface area contributed by atoms with Crippen molar-refractivity contribution in [2.24, 2.45) is 0 Å². The molecule has 2 N–H and O–H groups in total. The van der Waals surface area contributed by atoms with E-state index in [4.69, 9.17) is 0 Å². The highest BCUT2D eigenvalue weighted by molar-refractivity contribution is 5.87. The van der Waals surface area contributed by atoms with Gasteiger partial charge in [-0.15, -0.1) is 0 Å². The number of nitrogens with one attached hydrogen (secondary N) is 1. The monoisotopic (exact) mass is 368 g/mol. The number of ether oxygens (including phenoxy) is 1. The van der Waals surface area contributed by atoms with E-state index in [0.29, 0.717) is 17.0 Å². The number of carbonyl (C=O) groups is 2. The van der Waals surface area contributed by atoms with Gasteiger partial charge in [0.15, 0.2) is 0 Å². The Balaban J connectivity index is 2.31. The Morgan fingerprint density at radius 1 is 1.15 bits per heavy atom. The highest BCUT2D eigenvalue weighted by Gasteiger charge is 2.30. The molecular formula is C21H24N2O4. The molecule has 2 rings (SSSR count). The van der Waals surface area contributed by atoms with Crippen molar-refractivity contribution in [2.75, 3.05) is 7.11 Å². The molecule has 2 amide bonds. The van der Waals surface area contributed by atoms with Crippen molar-refractivity contribution in [3.63, 3.8) is 0 Å². The van der Waals surface area contributed by atoms with E-state index < -0.39 is 18.2 Å². The van der Waals surface area contributed by atoms with E-state index in [0.717, 1.165) is 23.9 Å². The van der Waals surface area contributed by atoms with Crippen LogP contribution in [0.1, 0.15) is 29.7 Å². The molecule has 0 radical (unpaired) electrons. The molecular weight excluding hydrogens is 344 g/mol. The van der Waals surface area contributed by atoms with Crippen LogP contribution in [0.25, 0.3) is 0 Å². The highest BCUT2D eigenvalue weighted by atomic mass is 16.6. The van der Waals surface area contributed by atoms with Crippen molar-refractivity contribution in [3.8, 4) is 0 Å². The topological polar surface area (TPSA) is 78.9 Å². The first-order valence-electron chi connectivity index (χ1n) is 8.55. The van der Waals surface area contributed by atoms with Crippen LogP contribution in [-0.2, 0) is 11.3 Å². The molecule has 0 heterocycles. The van der Waals surface area contributed by atoms with Crippen LogP contribution in [0.4, 0.5) is 9.59 Å². The number of carbonyl (C=O) groups excluding carboxylic acids is 1. The number of methoxy groups -OCH3 is 1. The number of nitrogens with zero attached hydrogens (tertiary/aromatic N) is 1. The van der Waals surface area contributed by atoms with E-state index in [2.05, 4.69) is 10.1 Å². The number of imide groups is 1. The average Bonchev–Trinajstić information content (AvgIpc) is 2.67. The number of allylic oxidation sites excluding steroid dienone is 1. The van der Waals surface area contributed by atoms with E-state index in [1.54, 1.807) is 18.2 Å². The molecule has 2 aromatic rings. The first kappa shape index (κ1) is 20.0. The molecule has 2 aromatic carbocycles. The quantitative estimate of drug-likeness (QED) is 0.786. The zero-order valence-corrected chi connectivity index (χ0v) is 15.7. The molecule has 0 aliphatic heterocycles. The fraction of sp³-hybridized carbons (Fsp3) is 0.238. The lowest BCUT2D eigenvalue weighted by molar-refractivity contribution is 0.100. The van der Waals surface area contributed by atoms with Crippen molar-refractivity contribution in [2.45, 2.75) is 26.4 Å². The molecule has 6 nitrogen and oxygen atoms in total. The fourth-order valence-corrected chi connectivity index (χ4v) is 2.63. The Hall–Kier alpha value is -3.28. The minimum Gasteiger partial charge on any atom is -0.464 e. The van der Waals surface area contributed by atoms with Crippen LogP contribution in [0.5, 0.6) is 0 Å². The second kappa shape index (κ2) is 9.43. The molecule has 142 valence electrons. The van der Waals surface area contributed by atoms with Crippen LogP contribution in [0.15, 0.2) is 66.4 Å². The van der Waals surface area contributed by atoms with E-state index in [9.17, 15) is 14.7 Å². The van der Waals surface area contributed by atoms with E-state index in [-0.39, 0.29) is 0 Å². The van der Waals surface area contributed by atoms with Gasteiger partial charge in [-0.3, -0.25) is 0 Å². The summed E-state index contributed by atoms with van der Waals surface area (Å²) >= 11 is 0. The van der Waals surface area contributed by atoms with Gasteiger partial charge in [0, 0.05) is 12.2 Å². The van der Waals surface area contributed by atoms with Crippen molar-refractivity contribution in [1.29, 1.82) is 0 Å². The Morgan fingerprint density at radius 3 is 2.33 bits per heavy atom. The van der Waals surface area contributed by atoms with E-state index in [1.807, 2.05) is 56.3 Å². The molecule has 0 fully saturated rings. The third kappa shape index (κ3) is 5.60. The first-order valence-corrected chi connectivity index (χ1v) is 8.55. The number of hydrogen-bond acceptors (Lipinski definition) is 4. The number of amides is 2. The van der Waals surface area contributed by atoms with Gasteiger partial charge in [-0.2, -0.15) is 0 Å². The van der Waals surface area contributed by atoms with Gasteiger partial charge in [0.05, 0.1) is 13.2 Å². The predicted molar refractivity (Wildman–Crippen MR) is 103 cm³/mol. The molecule has 0 saturated heterocycles. The summed E-state index contributed by atoms with van der Waals surface area (Å²) in [5.74, 6) is 0. The van der Waals surface area contributed by atoms with Crippen LogP contribution in [0.3, 0.4) is 0 Å². The van der Waals surface area contributed by atoms with Crippen LogP contribution in [0, 0.1) is 6.92 Å². The maximum atomic E-state index is 12.1. The number of rotatable bonds is 6. The molecule has 0 bridgehead atoms. The summed E-state index contributed by atoms with van der Waals surface area (Å²) in [6, 6.07) is 16.4. The second-order valence-corrected chi connectivity index (χ2v) is 6.17. The second-order valence-electron chi connectivity index (χ2n) is 6.17. The van der Waals surface area contributed by atoms with Gasteiger partial charge in [0.25, 0.3) is 0 Å². The van der Waals surface area contributed by atoms with Crippen LogP contribution >= 0.6 is 0 Å². The highest BCUT2D eigenvalue weighted by Crippen LogP contribution is 2.25. The number of hydrogen-bond donors (Lipinski definition) is 2. The minimum absolute atomic E-state index is 0.592. The zero-order valence-electron chi connectivity index (χ0n) is 15.7. The first-order chi connectivity index (χ1) is 12.9. The van der Waals surface area contributed by atoms with E-state index in [1.165, 1.54) is 0 Å². The van der Waals surface area contributed by atoms with Gasteiger partial charge in [-0.05, 0) is 31.1 Å². The average molecular weight is 368 g/mol. The SMILES string of the molecule is COC(=O)N(C(=O)O)C(C=C(C)NCc1ccccc1)c1ccc(C)cc1. The zero-order chi connectivity index (χ0) is 19.8. The lowest BCUT2D eigenvalue weighted by Crippen LogP contribution is -2.38. The van der Waals surface area contributed by atoms with Gasteiger partial charge >= 0.3 is 12.2 Å². The van der Waals surface area contributed by atoms with Crippen molar-refractivity contribution in [3.05, 3.63) is 83.1 Å². The largest absolute Gasteiger partial charge is 0.464 e. The Morgan fingerprint density at radius 2 is 1.78 bits per heavy atom. The van der Waals surface area contributed by atoms with Crippen molar-refractivity contribution < 1.29 is 19.4 Å². The van der Waals surface area contributed by atoms with Crippen LogP contribution < -0.4 is 5.32 Å². The summed E-state index contributed by atoms with van der Waals surface area (Å²) in [6.45, 7) is 4.37. The molecule has 27 heavy (non-hydrogen) atoms. The standard InChI is InChI=1S/C21H24N2O4/c1-15-9-11-18(12-10-15)19(23(20(24)25)21(26)27-3)13-16(2)22-14-17-7-5-4-6-8-17/h4-13,19,22H,14H2,1-3H3,(H,24,25). The van der Waals surface area contributed by atoms with Gasteiger partial charge in [-0.1, -0.05) is 60.2 Å². The fourth-order valence-electron chi connectivity index (χ4n) is 2.63. The summed E-state index contributed by atoms with van der Waals surface area (Å²) in [4.78, 5) is 24.5. The Labute approximate surface area is 159 Å². The van der Waals surface area contributed by atoms with Crippen LogP contribution in [0.2, 0.25) is 0 Å². The van der Waals surface area contributed by atoms with E-state index >= 15 is 0 Å². The molecule has 1 unspecified atom stereocenters.